The van der Waals surface area contributed by atoms with E-state index >= 15 is 0 Å². The van der Waals surface area contributed by atoms with Crippen LogP contribution < -0.4 is 0 Å². The molecule has 0 aliphatic carbocycles. The van der Waals surface area contributed by atoms with Crippen LogP contribution in [0, 0.1) is 17.8 Å². The number of hydrogen-bond acceptors (Lipinski definition) is 17. The molecule has 3 aliphatic rings. The van der Waals surface area contributed by atoms with Crippen LogP contribution in [0.25, 0.3) is 0 Å². The topological polar surface area (TPSA) is 228 Å². The van der Waals surface area contributed by atoms with E-state index < -0.39 is 107 Å². The maximum atomic E-state index is 14.5. The predicted octanol–water partition coefficient (Wildman–Crippen LogP) is 3.48. The molecular formula is C51H87N5O13S. The van der Waals surface area contributed by atoms with Crippen LogP contribution >= 0.6 is 0 Å². The number of methoxy groups -OCH3 is 1. The van der Waals surface area contributed by atoms with Crippen molar-refractivity contribution in [3.8, 4) is 0 Å². The molecule has 0 spiro atoms. The lowest BCUT2D eigenvalue weighted by molar-refractivity contribution is -0.318. The molecule has 19 heteroatoms. The van der Waals surface area contributed by atoms with Gasteiger partial charge in [0.05, 0.1) is 47.2 Å². The molecule has 2 aromatic rings. The predicted molar refractivity (Wildman–Crippen MR) is 264 cm³/mol. The minimum absolute atomic E-state index is 0.107. The number of nitrogens with zero attached hydrogens (tertiary/aromatic N) is 5. The summed E-state index contributed by atoms with van der Waals surface area (Å²) < 4.78 is 51.9. The van der Waals surface area contributed by atoms with Crippen molar-refractivity contribution < 1.29 is 63.0 Å². The molecule has 70 heavy (non-hydrogen) atoms. The first-order chi connectivity index (χ1) is 32.7. The van der Waals surface area contributed by atoms with E-state index in [-0.39, 0.29) is 37.3 Å². The van der Waals surface area contributed by atoms with Gasteiger partial charge in [-0.05, 0) is 131 Å². The molecule has 18 nitrogen and oxygen atoms in total. The SMILES string of the molecule is CC[C@H]1OC(=O)[C@H](C)[C@@H](O[C@H]2C[C@@](C)(OC)[C@@H](O)[C@H](C)O2)[C@H](C)[C@@H](O[C@@H]2O[C@H](C)C[C@H](N(C)CCCc3cn(CCc4ccc(S(C)=O)cc4)nn3)[C@H]2O)[C@](C)(O)C[C@@H](C)CN(C)[C@H](C)[C@@H](O)[C@]1(C)O. The molecule has 0 bridgehead atoms. The summed E-state index contributed by atoms with van der Waals surface area (Å²) in [5, 5.41) is 68.3. The number of aromatic nitrogens is 3. The number of aryl methyl sites for hydroxylation is 3. The smallest absolute Gasteiger partial charge is 0.311 e. The number of ether oxygens (including phenoxy) is 6. The van der Waals surface area contributed by atoms with Gasteiger partial charge in [0.15, 0.2) is 12.6 Å². The zero-order valence-electron chi connectivity index (χ0n) is 44.3. The fourth-order valence-corrected chi connectivity index (χ4v) is 11.5. The van der Waals surface area contributed by atoms with Crippen LogP contribution in [0.4, 0.5) is 0 Å². The third kappa shape index (κ3) is 14.2. The van der Waals surface area contributed by atoms with Crippen LogP contribution in [-0.2, 0) is 63.4 Å². The average Bonchev–Trinajstić information content (AvgIpc) is 3.76. The van der Waals surface area contributed by atoms with E-state index in [9.17, 15) is 34.5 Å². The van der Waals surface area contributed by atoms with Crippen molar-refractivity contribution in [1.82, 2.24) is 24.8 Å². The van der Waals surface area contributed by atoms with Gasteiger partial charge < -0.3 is 63.8 Å². The molecule has 0 radical (unpaired) electrons. The number of likely N-dealkylation sites (N-methyl/N-ethyl adjacent to an activating group) is 2. The molecule has 4 heterocycles. The molecule has 1 aromatic heterocycles. The van der Waals surface area contributed by atoms with Crippen LogP contribution in [0.2, 0.25) is 0 Å². The molecule has 5 N–H and O–H groups in total. The summed E-state index contributed by atoms with van der Waals surface area (Å²) >= 11 is 0. The number of rotatable bonds is 15. The monoisotopic (exact) mass is 1010 g/mol. The van der Waals surface area contributed by atoms with Crippen molar-refractivity contribution in [1.29, 1.82) is 0 Å². The van der Waals surface area contributed by atoms with Crippen molar-refractivity contribution in [3.05, 3.63) is 41.7 Å². The van der Waals surface area contributed by atoms with Gasteiger partial charge in [0, 0.05) is 72.8 Å². The maximum Gasteiger partial charge on any atom is 0.311 e. The quantitative estimate of drug-likeness (QED) is 0.161. The summed E-state index contributed by atoms with van der Waals surface area (Å²) in [5.41, 5.74) is -2.52. The number of aliphatic hydroxyl groups is 5. The minimum atomic E-state index is -1.83. The zero-order valence-corrected chi connectivity index (χ0v) is 45.1. The van der Waals surface area contributed by atoms with E-state index in [0.29, 0.717) is 32.5 Å². The fraction of sp³-hybridized carbons (Fsp3) is 0.824. The zero-order chi connectivity index (χ0) is 52.0. The van der Waals surface area contributed by atoms with Crippen LogP contribution in [-0.4, -0.2) is 191 Å². The van der Waals surface area contributed by atoms with Gasteiger partial charge in [0.1, 0.15) is 30.0 Å². The van der Waals surface area contributed by atoms with Crippen LogP contribution in [0.5, 0.6) is 0 Å². The molecule has 1 aromatic carbocycles. The normalized spacial score (nSPS) is 40.3. The number of carbonyl (C=O) groups excluding carboxylic acids is 1. The highest BCUT2D eigenvalue weighted by Crippen LogP contribution is 2.40. The van der Waals surface area contributed by atoms with Gasteiger partial charge in [-0.25, -0.2) is 0 Å². The molecule has 3 aliphatic heterocycles. The lowest BCUT2D eigenvalue weighted by Gasteiger charge is -2.49. The second kappa shape index (κ2) is 24.7. The Bertz CT molecular complexity index is 1980. The number of hydrogen-bond donors (Lipinski definition) is 5. The fourth-order valence-electron chi connectivity index (χ4n) is 11.0. The molecule has 1 unspecified atom stereocenters. The lowest BCUT2D eigenvalue weighted by atomic mass is 9.77. The van der Waals surface area contributed by atoms with Crippen LogP contribution in [0.1, 0.15) is 113 Å². The second-order valence-corrected chi connectivity index (χ2v) is 23.0. The van der Waals surface area contributed by atoms with Gasteiger partial charge in [0.2, 0.25) is 0 Å². The average molecular weight is 1010 g/mol. The van der Waals surface area contributed by atoms with Crippen molar-refractivity contribution in [2.75, 3.05) is 40.6 Å². The third-order valence-electron chi connectivity index (χ3n) is 15.5. The van der Waals surface area contributed by atoms with Gasteiger partial charge in [-0.1, -0.05) is 38.1 Å². The Labute approximate surface area is 419 Å². The highest BCUT2D eigenvalue weighted by molar-refractivity contribution is 7.84. The van der Waals surface area contributed by atoms with Crippen molar-refractivity contribution in [2.45, 2.75) is 216 Å². The molecule has 0 amide bonds. The van der Waals surface area contributed by atoms with E-state index in [0.717, 1.165) is 29.0 Å². The summed E-state index contributed by atoms with van der Waals surface area (Å²) in [6.07, 6.45) is -3.07. The molecule has 0 saturated carbocycles. The van der Waals surface area contributed by atoms with E-state index in [1.54, 1.807) is 47.8 Å². The van der Waals surface area contributed by atoms with Crippen molar-refractivity contribution in [2.24, 2.45) is 17.8 Å². The highest BCUT2D eigenvalue weighted by atomic mass is 32.2. The molecule has 5 rings (SSSR count). The van der Waals surface area contributed by atoms with Crippen molar-refractivity contribution >= 4 is 16.8 Å². The van der Waals surface area contributed by atoms with Crippen molar-refractivity contribution in [3.63, 3.8) is 0 Å². The van der Waals surface area contributed by atoms with E-state index in [1.165, 1.54) is 14.0 Å². The summed E-state index contributed by atoms with van der Waals surface area (Å²) in [6, 6.07) is 6.82. The van der Waals surface area contributed by atoms with Crippen LogP contribution in [0.3, 0.4) is 0 Å². The van der Waals surface area contributed by atoms with Gasteiger partial charge in [-0.3, -0.25) is 13.7 Å². The van der Waals surface area contributed by atoms with Gasteiger partial charge >= 0.3 is 5.97 Å². The summed E-state index contributed by atoms with van der Waals surface area (Å²) in [7, 11) is 4.29. The highest BCUT2D eigenvalue weighted by Gasteiger charge is 2.53. The maximum absolute atomic E-state index is 14.5. The van der Waals surface area contributed by atoms with E-state index in [4.69, 9.17) is 28.4 Å². The first kappa shape index (κ1) is 58.4. The molecule has 3 saturated heterocycles. The summed E-state index contributed by atoms with van der Waals surface area (Å²) in [5.74, 6) is -2.75. The standard InChI is InChI=1S/C51H87N5O13S/c1-15-40-51(10,62)44(58)34(6)55(12)28-30(2)26-49(8,61)46(32(4)43(33(5)47(60)67-40)68-41-27-50(9,64-13)45(59)35(7)66-41)69-48-42(57)39(25-31(3)65-48)54(11)23-16-17-37-29-56(53-52-37)24-22-36-18-20-38(21-19-36)70(14)63/h18-21,29-35,39-46,48,57-59,61-62H,15-17,22-28H2,1-14H3/t30-,31-,32+,33-,34-,35+,39+,40-,41+,42-,43+,44-,45+,46-,48+,49-,50-,51-,70?/m1/s1. The van der Waals surface area contributed by atoms with Gasteiger partial charge in [-0.2, -0.15) is 0 Å². The van der Waals surface area contributed by atoms with E-state index in [2.05, 4.69) is 15.2 Å². The lowest BCUT2D eigenvalue weighted by Crippen LogP contribution is -2.60. The second-order valence-electron chi connectivity index (χ2n) is 21.6. The molecule has 19 atom stereocenters. The third-order valence-corrected chi connectivity index (χ3v) is 16.5. The number of carbonyl (C=O) groups is 1. The molecular weight excluding hydrogens is 923 g/mol. The van der Waals surface area contributed by atoms with Gasteiger partial charge in [0.25, 0.3) is 0 Å². The summed E-state index contributed by atoms with van der Waals surface area (Å²) in [4.78, 5) is 19.3. The Kier molecular flexibility index (Phi) is 20.6. The molecule has 400 valence electrons. The Morgan fingerprint density at radius 1 is 0.957 bits per heavy atom. The van der Waals surface area contributed by atoms with E-state index in [1.807, 2.05) is 74.9 Å². The van der Waals surface area contributed by atoms with Crippen LogP contribution in [0.15, 0.2) is 35.4 Å². The first-order valence-corrected chi connectivity index (χ1v) is 26.9. The first-order valence-electron chi connectivity index (χ1n) is 25.3. The number of cyclic esters (lactones) is 1. The largest absolute Gasteiger partial charge is 0.459 e. The Morgan fingerprint density at radius 3 is 2.26 bits per heavy atom. The number of esters is 1. The molecule has 3 fully saturated rings. The Balaban J connectivity index is 1.39. The van der Waals surface area contributed by atoms with Gasteiger partial charge in [-0.15, -0.1) is 5.10 Å². The minimum Gasteiger partial charge on any atom is -0.459 e. The summed E-state index contributed by atoms with van der Waals surface area (Å²) in [6.45, 7) is 19.3. The Morgan fingerprint density at radius 2 is 1.63 bits per heavy atom. The number of aliphatic hydroxyl groups excluding tert-OH is 3. The Hall–Kier alpha value is -2.50. The number of benzene rings is 1.